The number of benzene rings is 2. The van der Waals surface area contributed by atoms with Crippen LogP contribution >= 0.6 is 12.6 Å². The van der Waals surface area contributed by atoms with Gasteiger partial charge in [0, 0.05) is 10.8 Å². The first-order valence-corrected chi connectivity index (χ1v) is 10.2. The third-order valence-electron chi connectivity index (χ3n) is 5.46. The summed E-state index contributed by atoms with van der Waals surface area (Å²) in [5, 5.41) is 0.245. The Labute approximate surface area is 163 Å². The second kappa shape index (κ2) is 8.85. The Morgan fingerprint density at radius 2 is 1.88 bits per heavy atom. The van der Waals surface area contributed by atoms with E-state index in [9.17, 15) is 0 Å². The Kier molecular flexibility index (Phi) is 6.53. The predicted molar refractivity (Wildman–Crippen MR) is 112 cm³/mol. The van der Waals surface area contributed by atoms with Crippen LogP contribution in [0.3, 0.4) is 0 Å². The Balaban J connectivity index is 1.80. The van der Waals surface area contributed by atoms with Crippen LogP contribution in [-0.2, 0) is 6.42 Å². The lowest BCUT2D eigenvalue weighted by Gasteiger charge is -2.28. The highest BCUT2D eigenvalue weighted by Crippen LogP contribution is 2.41. The first-order chi connectivity index (χ1) is 12.6. The monoisotopic (exact) mass is 370 g/mol. The van der Waals surface area contributed by atoms with E-state index in [1.54, 1.807) is 7.11 Å². The van der Waals surface area contributed by atoms with Crippen LogP contribution in [0.15, 0.2) is 36.4 Å². The zero-order valence-electron chi connectivity index (χ0n) is 16.1. The fraction of sp³-hybridized carbons (Fsp3) is 0.478. The van der Waals surface area contributed by atoms with Gasteiger partial charge in [-0.25, -0.2) is 0 Å². The lowest BCUT2D eigenvalue weighted by Crippen LogP contribution is -2.13. The zero-order valence-corrected chi connectivity index (χ0v) is 17.0. The minimum Gasteiger partial charge on any atom is -0.496 e. The molecule has 0 aromatic heterocycles. The summed E-state index contributed by atoms with van der Waals surface area (Å²) in [5.74, 6) is 2.73. The largest absolute Gasteiger partial charge is 0.496 e. The molecule has 0 radical (unpaired) electrons. The molecule has 1 fully saturated rings. The van der Waals surface area contributed by atoms with Crippen molar-refractivity contribution in [1.82, 2.24) is 0 Å². The molecule has 140 valence electrons. The van der Waals surface area contributed by atoms with Gasteiger partial charge in [0.05, 0.1) is 13.7 Å². The van der Waals surface area contributed by atoms with E-state index in [1.165, 1.54) is 41.5 Å². The van der Waals surface area contributed by atoms with Gasteiger partial charge in [-0.05, 0) is 67.5 Å². The molecule has 0 N–H and O–H groups in total. The van der Waals surface area contributed by atoms with E-state index >= 15 is 0 Å². The van der Waals surface area contributed by atoms with Crippen molar-refractivity contribution in [2.75, 3.05) is 13.7 Å². The highest BCUT2D eigenvalue weighted by atomic mass is 32.1. The van der Waals surface area contributed by atoms with Crippen molar-refractivity contribution in [2.24, 2.45) is 5.92 Å². The van der Waals surface area contributed by atoms with Crippen molar-refractivity contribution in [2.45, 2.75) is 51.2 Å². The quantitative estimate of drug-likeness (QED) is 0.561. The lowest BCUT2D eigenvalue weighted by atomic mass is 9.81. The number of thiol groups is 1. The SMILES string of the molecule is CCOc1ccc(Cc2cc(C(S)CC3CCC3)c(OC)cc2C)cc1. The first kappa shape index (κ1) is 19.2. The van der Waals surface area contributed by atoms with Gasteiger partial charge in [-0.2, -0.15) is 12.6 Å². The first-order valence-electron chi connectivity index (χ1n) is 9.68. The van der Waals surface area contributed by atoms with Crippen LogP contribution in [0.1, 0.15) is 60.1 Å². The fourth-order valence-electron chi connectivity index (χ4n) is 3.63. The summed E-state index contributed by atoms with van der Waals surface area (Å²) >= 11 is 4.92. The van der Waals surface area contributed by atoms with Gasteiger partial charge < -0.3 is 9.47 Å². The predicted octanol–water partition coefficient (Wildman–Crippen LogP) is 6.15. The van der Waals surface area contributed by atoms with Gasteiger partial charge in [-0.15, -0.1) is 0 Å². The molecule has 2 aromatic carbocycles. The van der Waals surface area contributed by atoms with E-state index in [1.807, 2.05) is 6.92 Å². The number of rotatable bonds is 8. The van der Waals surface area contributed by atoms with Crippen LogP contribution in [0.4, 0.5) is 0 Å². The molecular weight excluding hydrogens is 340 g/mol. The number of hydrogen-bond donors (Lipinski definition) is 1. The Bertz CT molecular complexity index is 720. The maximum Gasteiger partial charge on any atom is 0.123 e. The van der Waals surface area contributed by atoms with E-state index in [-0.39, 0.29) is 5.25 Å². The minimum atomic E-state index is 0.245. The van der Waals surface area contributed by atoms with E-state index < -0.39 is 0 Å². The molecule has 0 bridgehead atoms. The molecule has 1 aliphatic carbocycles. The van der Waals surface area contributed by atoms with Crippen molar-refractivity contribution in [3.05, 3.63) is 58.7 Å². The van der Waals surface area contributed by atoms with E-state index in [0.717, 1.165) is 30.3 Å². The molecule has 2 nitrogen and oxygen atoms in total. The topological polar surface area (TPSA) is 18.5 Å². The fourth-order valence-corrected chi connectivity index (χ4v) is 4.13. The molecular formula is C23H30O2S. The van der Waals surface area contributed by atoms with Crippen LogP contribution < -0.4 is 9.47 Å². The maximum absolute atomic E-state index is 5.66. The molecule has 0 amide bonds. The van der Waals surface area contributed by atoms with Crippen molar-refractivity contribution in [3.8, 4) is 11.5 Å². The van der Waals surface area contributed by atoms with Crippen LogP contribution in [-0.4, -0.2) is 13.7 Å². The minimum absolute atomic E-state index is 0.245. The molecule has 0 saturated heterocycles. The summed E-state index contributed by atoms with van der Waals surface area (Å²) in [6, 6.07) is 12.9. The smallest absolute Gasteiger partial charge is 0.123 e. The van der Waals surface area contributed by atoms with Gasteiger partial charge in [0.1, 0.15) is 11.5 Å². The van der Waals surface area contributed by atoms with Gasteiger partial charge in [0.25, 0.3) is 0 Å². The van der Waals surface area contributed by atoms with Crippen LogP contribution in [0.2, 0.25) is 0 Å². The Morgan fingerprint density at radius 3 is 2.46 bits per heavy atom. The molecule has 26 heavy (non-hydrogen) atoms. The molecule has 1 saturated carbocycles. The van der Waals surface area contributed by atoms with Crippen LogP contribution in [0, 0.1) is 12.8 Å². The molecule has 0 heterocycles. The van der Waals surface area contributed by atoms with Gasteiger partial charge >= 0.3 is 0 Å². The molecule has 1 unspecified atom stereocenters. The zero-order chi connectivity index (χ0) is 18.5. The highest BCUT2D eigenvalue weighted by molar-refractivity contribution is 7.80. The second-order valence-electron chi connectivity index (χ2n) is 7.32. The van der Waals surface area contributed by atoms with E-state index in [4.69, 9.17) is 22.1 Å². The van der Waals surface area contributed by atoms with E-state index in [2.05, 4.69) is 43.3 Å². The van der Waals surface area contributed by atoms with Gasteiger partial charge in [-0.1, -0.05) is 37.5 Å². The molecule has 1 atom stereocenters. The average Bonchev–Trinajstić information content (AvgIpc) is 2.61. The van der Waals surface area contributed by atoms with Gasteiger partial charge in [0.15, 0.2) is 0 Å². The molecule has 3 heteroatoms. The van der Waals surface area contributed by atoms with Gasteiger partial charge in [0.2, 0.25) is 0 Å². The van der Waals surface area contributed by atoms with Crippen molar-refractivity contribution in [1.29, 1.82) is 0 Å². The molecule has 3 rings (SSSR count). The van der Waals surface area contributed by atoms with Crippen molar-refractivity contribution in [3.63, 3.8) is 0 Å². The maximum atomic E-state index is 5.66. The Morgan fingerprint density at radius 1 is 1.15 bits per heavy atom. The summed E-state index contributed by atoms with van der Waals surface area (Å²) in [6.45, 7) is 4.87. The highest BCUT2D eigenvalue weighted by Gasteiger charge is 2.23. The number of methoxy groups -OCH3 is 1. The summed E-state index contributed by atoms with van der Waals surface area (Å²) < 4.78 is 11.2. The summed E-state index contributed by atoms with van der Waals surface area (Å²) in [4.78, 5) is 0. The standard InChI is InChI=1S/C23H30O2S/c1-4-25-20-10-8-18(9-11-20)13-19-15-21(22(24-3)12-16(19)2)23(26)14-17-6-5-7-17/h8-12,15,17,23,26H,4-7,13-14H2,1-3H3. The third kappa shape index (κ3) is 4.56. The summed E-state index contributed by atoms with van der Waals surface area (Å²) in [5.41, 5.74) is 5.14. The summed E-state index contributed by atoms with van der Waals surface area (Å²) in [7, 11) is 1.76. The number of ether oxygens (including phenoxy) is 2. The number of aryl methyl sites for hydroxylation is 1. The molecule has 0 aliphatic heterocycles. The summed E-state index contributed by atoms with van der Waals surface area (Å²) in [6.07, 6.45) is 6.14. The normalized spacial score (nSPS) is 15.4. The van der Waals surface area contributed by atoms with E-state index in [0.29, 0.717) is 6.61 Å². The van der Waals surface area contributed by atoms with Gasteiger partial charge in [-0.3, -0.25) is 0 Å². The van der Waals surface area contributed by atoms with Crippen molar-refractivity contribution < 1.29 is 9.47 Å². The van der Waals surface area contributed by atoms with Crippen LogP contribution in [0.25, 0.3) is 0 Å². The third-order valence-corrected chi connectivity index (χ3v) is 5.95. The average molecular weight is 371 g/mol. The lowest BCUT2D eigenvalue weighted by molar-refractivity contribution is 0.293. The Hall–Kier alpha value is -1.61. The van der Waals surface area contributed by atoms with Crippen LogP contribution in [0.5, 0.6) is 11.5 Å². The molecule has 2 aromatic rings. The number of hydrogen-bond acceptors (Lipinski definition) is 3. The van der Waals surface area contributed by atoms with Crippen molar-refractivity contribution >= 4 is 12.6 Å². The molecule has 0 spiro atoms. The molecule has 1 aliphatic rings. The second-order valence-corrected chi connectivity index (χ2v) is 7.95.